The maximum atomic E-state index is 12.0. The van der Waals surface area contributed by atoms with Gasteiger partial charge < -0.3 is 4.74 Å². The van der Waals surface area contributed by atoms with E-state index in [2.05, 4.69) is 9.97 Å². The van der Waals surface area contributed by atoms with Gasteiger partial charge in [0.25, 0.3) is 0 Å². The van der Waals surface area contributed by atoms with Crippen LogP contribution in [-0.2, 0) is 4.74 Å². The van der Waals surface area contributed by atoms with Crippen LogP contribution in [0, 0.1) is 13.8 Å². The van der Waals surface area contributed by atoms with Crippen molar-refractivity contribution in [1.29, 1.82) is 0 Å². The third kappa shape index (κ3) is 2.56. The Morgan fingerprint density at radius 1 is 1.38 bits per heavy atom. The molecule has 0 saturated heterocycles. The van der Waals surface area contributed by atoms with Crippen molar-refractivity contribution in [1.82, 2.24) is 9.97 Å². The lowest BCUT2D eigenvalue weighted by Crippen LogP contribution is -2.04. The van der Waals surface area contributed by atoms with Gasteiger partial charge in [-0.05, 0) is 37.6 Å². The number of nitrogens with zero attached hydrogens (tertiary/aromatic N) is 2. The summed E-state index contributed by atoms with van der Waals surface area (Å²) in [5.74, 6) is 0.842. The second kappa shape index (κ2) is 5.39. The number of thiophene rings is 1. The minimum atomic E-state index is -0.342. The number of aromatic nitrogens is 2. The van der Waals surface area contributed by atoms with E-state index < -0.39 is 0 Å². The summed E-state index contributed by atoms with van der Waals surface area (Å²) in [6.07, 6.45) is 2.20. The molecule has 0 spiro atoms. The van der Waals surface area contributed by atoms with Crippen LogP contribution >= 0.6 is 22.9 Å². The zero-order chi connectivity index (χ0) is 15.1. The predicted octanol–water partition coefficient (Wildman–Crippen LogP) is 4.14. The highest BCUT2D eigenvalue weighted by molar-refractivity contribution is 7.12. The first-order valence-corrected chi connectivity index (χ1v) is 7.99. The zero-order valence-electron chi connectivity index (χ0n) is 12.1. The Morgan fingerprint density at radius 2 is 2.10 bits per heavy atom. The number of aryl methyl sites for hydroxylation is 1. The van der Waals surface area contributed by atoms with Crippen LogP contribution in [-0.4, -0.2) is 23.0 Å². The number of hydrogen-bond acceptors (Lipinski definition) is 5. The monoisotopic (exact) mass is 322 g/mol. The molecule has 3 rings (SSSR count). The number of methoxy groups -OCH3 is 1. The number of halogens is 1. The van der Waals surface area contributed by atoms with Gasteiger partial charge in [-0.15, -0.1) is 11.3 Å². The van der Waals surface area contributed by atoms with Crippen LogP contribution in [0.3, 0.4) is 0 Å². The molecule has 0 aliphatic heterocycles. The van der Waals surface area contributed by atoms with Gasteiger partial charge in [0.15, 0.2) is 0 Å². The predicted molar refractivity (Wildman–Crippen MR) is 83.1 cm³/mol. The molecule has 0 bridgehead atoms. The molecule has 2 aromatic heterocycles. The standard InChI is InChI=1S/C15H15ClN2O2S/c1-7-6-21-12(15(19)20-3)10(7)11-8(2)13(16)18-14(17-11)9-4-5-9/h6,9H,4-5H2,1-3H3. The molecule has 4 nitrogen and oxygen atoms in total. The summed E-state index contributed by atoms with van der Waals surface area (Å²) >= 11 is 7.63. The summed E-state index contributed by atoms with van der Waals surface area (Å²) in [7, 11) is 1.39. The molecule has 0 radical (unpaired) electrons. The molecule has 2 heterocycles. The summed E-state index contributed by atoms with van der Waals surface area (Å²) < 4.78 is 4.87. The van der Waals surface area contributed by atoms with Crippen molar-refractivity contribution in [2.24, 2.45) is 0 Å². The number of carbonyl (C=O) groups is 1. The van der Waals surface area contributed by atoms with Gasteiger partial charge in [-0.3, -0.25) is 0 Å². The van der Waals surface area contributed by atoms with E-state index in [1.54, 1.807) is 0 Å². The average Bonchev–Trinajstić information content (AvgIpc) is 3.24. The molecule has 1 aliphatic rings. The minimum Gasteiger partial charge on any atom is -0.465 e. The molecular formula is C15H15ClN2O2S. The van der Waals surface area contributed by atoms with Crippen molar-refractivity contribution in [3.05, 3.63) is 32.4 Å². The van der Waals surface area contributed by atoms with E-state index in [0.29, 0.717) is 15.9 Å². The summed E-state index contributed by atoms with van der Waals surface area (Å²) in [5, 5.41) is 2.40. The Labute approximate surface area is 132 Å². The molecule has 0 N–H and O–H groups in total. The summed E-state index contributed by atoms with van der Waals surface area (Å²) in [5.41, 5.74) is 3.36. The van der Waals surface area contributed by atoms with Gasteiger partial charge in [0, 0.05) is 17.0 Å². The number of rotatable bonds is 3. The fourth-order valence-corrected chi connectivity index (χ4v) is 3.40. The van der Waals surface area contributed by atoms with Crippen molar-refractivity contribution in [3.63, 3.8) is 0 Å². The molecule has 1 saturated carbocycles. The fraction of sp³-hybridized carbons (Fsp3) is 0.400. The van der Waals surface area contributed by atoms with Crippen molar-refractivity contribution in [2.75, 3.05) is 7.11 Å². The van der Waals surface area contributed by atoms with Crippen LogP contribution in [0.4, 0.5) is 0 Å². The van der Waals surface area contributed by atoms with Gasteiger partial charge in [0.05, 0.1) is 12.8 Å². The third-order valence-corrected chi connectivity index (χ3v) is 5.07. The van der Waals surface area contributed by atoms with Crippen molar-refractivity contribution in [3.8, 4) is 11.3 Å². The first kappa shape index (κ1) is 14.5. The van der Waals surface area contributed by atoms with Crippen LogP contribution in [0.1, 0.15) is 45.4 Å². The Kier molecular flexibility index (Phi) is 3.71. The first-order chi connectivity index (χ1) is 10.0. The molecule has 6 heteroatoms. The third-order valence-electron chi connectivity index (χ3n) is 3.63. The summed E-state index contributed by atoms with van der Waals surface area (Å²) in [6, 6.07) is 0. The molecule has 2 aromatic rings. The van der Waals surface area contributed by atoms with E-state index in [1.165, 1.54) is 18.4 Å². The largest absolute Gasteiger partial charge is 0.465 e. The van der Waals surface area contributed by atoms with Crippen LogP contribution in [0.15, 0.2) is 5.38 Å². The van der Waals surface area contributed by atoms with E-state index in [9.17, 15) is 4.79 Å². The lowest BCUT2D eigenvalue weighted by Gasteiger charge is -2.10. The molecular weight excluding hydrogens is 308 g/mol. The summed E-state index contributed by atoms with van der Waals surface area (Å²) in [6.45, 7) is 3.84. The molecule has 0 atom stereocenters. The Balaban J connectivity index is 2.20. The maximum absolute atomic E-state index is 12.0. The van der Waals surface area contributed by atoms with Gasteiger partial charge in [-0.2, -0.15) is 0 Å². The fourth-order valence-electron chi connectivity index (χ4n) is 2.25. The number of ether oxygens (including phenoxy) is 1. The van der Waals surface area contributed by atoms with E-state index in [1.807, 2.05) is 19.2 Å². The lowest BCUT2D eigenvalue weighted by molar-refractivity contribution is 0.0607. The van der Waals surface area contributed by atoms with Gasteiger partial charge >= 0.3 is 5.97 Å². The Morgan fingerprint density at radius 3 is 2.71 bits per heavy atom. The highest BCUT2D eigenvalue weighted by Crippen LogP contribution is 2.41. The molecule has 0 aromatic carbocycles. The van der Waals surface area contributed by atoms with E-state index in [4.69, 9.17) is 16.3 Å². The second-order valence-electron chi connectivity index (χ2n) is 5.23. The highest BCUT2D eigenvalue weighted by Gasteiger charge is 2.29. The first-order valence-electron chi connectivity index (χ1n) is 6.73. The molecule has 1 fully saturated rings. The Hall–Kier alpha value is -1.46. The number of hydrogen-bond donors (Lipinski definition) is 0. The van der Waals surface area contributed by atoms with Crippen LogP contribution < -0.4 is 0 Å². The molecule has 21 heavy (non-hydrogen) atoms. The van der Waals surface area contributed by atoms with E-state index >= 15 is 0 Å². The van der Waals surface area contributed by atoms with Gasteiger partial charge in [0.2, 0.25) is 0 Å². The molecule has 1 aliphatic carbocycles. The van der Waals surface area contributed by atoms with Crippen LogP contribution in [0.2, 0.25) is 5.15 Å². The minimum absolute atomic E-state index is 0.342. The van der Waals surface area contributed by atoms with Gasteiger partial charge in [-0.25, -0.2) is 14.8 Å². The average molecular weight is 323 g/mol. The number of esters is 1. The highest BCUT2D eigenvalue weighted by atomic mass is 35.5. The van der Waals surface area contributed by atoms with E-state index in [0.717, 1.165) is 41.1 Å². The van der Waals surface area contributed by atoms with E-state index in [-0.39, 0.29) is 5.97 Å². The molecule has 0 amide bonds. The maximum Gasteiger partial charge on any atom is 0.348 e. The quantitative estimate of drug-likeness (QED) is 0.629. The zero-order valence-corrected chi connectivity index (χ0v) is 13.6. The Bertz CT molecular complexity index is 723. The lowest BCUT2D eigenvalue weighted by atomic mass is 10.0. The van der Waals surface area contributed by atoms with Crippen molar-refractivity contribution >= 4 is 28.9 Å². The molecule has 110 valence electrons. The molecule has 0 unspecified atom stereocenters. The van der Waals surface area contributed by atoms with Crippen molar-refractivity contribution < 1.29 is 9.53 Å². The van der Waals surface area contributed by atoms with Gasteiger partial charge in [0.1, 0.15) is 15.9 Å². The normalized spacial score (nSPS) is 14.3. The second-order valence-corrected chi connectivity index (χ2v) is 6.47. The number of carbonyl (C=O) groups excluding carboxylic acids is 1. The summed E-state index contributed by atoms with van der Waals surface area (Å²) in [4.78, 5) is 21.6. The van der Waals surface area contributed by atoms with Crippen LogP contribution in [0.25, 0.3) is 11.3 Å². The van der Waals surface area contributed by atoms with Crippen molar-refractivity contribution in [2.45, 2.75) is 32.6 Å². The smallest absolute Gasteiger partial charge is 0.348 e. The topological polar surface area (TPSA) is 52.1 Å². The van der Waals surface area contributed by atoms with Crippen LogP contribution in [0.5, 0.6) is 0 Å². The SMILES string of the molecule is COC(=O)c1scc(C)c1-c1nc(C2CC2)nc(Cl)c1C. The van der Waals surface area contributed by atoms with Gasteiger partial charge in [-0.1, -0.05) is 11.6 Å².